The van der Waals surface area contributed by atoms with Crippen molar-refractivity contribution in [3.05, 3.63) is 11.8 Å². The van der Waals surface area contributed by atoms with E-state index in [4.69, 9.17) is 4.74 Å². The summed E-state index contributed by atoms with van der Waals surface area (Å²) in [5.74, 6) is 1.26. The number of carbonyl (C=O) groups is 1. The molecule has 62 valence electrons. The van der Waals surface area contributed by atoms with Gasteiger partial charge in [-0.15, -0.1) is 0 Å². The second-order valence-corrected chi connectivity index (χ2v) is 2.89. The first-order valence-electron chi connectivity index (χ1n) is 4.11. The van der Waals surface area contributed by atoms with Crippen molar-refractivity contribution in [2.75, 3.05) is 6.61 Å². The van der Waals surface area contributed by atoms with E-state index >= 15 is 0 Å². The van der Waals surface area contributed by atoms with Gasteiger partial charge in [0.25, 0.3) is 0 Å². The maximum absolute atomic E-state index is 11.1. The minimum absolute atomic E-state index is 0.194. The van der Waals surface area contributed by atoms with Crippen molar-refractivity contribution in [1.82, 2.24) is 0 Å². The molecule has 2 heteroatoms. The SMILES string of the molecule is CCOC1=CC(=O)C(C)CC1. The maximum Gasteiger partial charge on any atom is 0.161 e. The van der Waals surface area contributed by atoms with Gasteiger partial charge < -0.3 is 4.74 Å². The van der Waals surface area contributed by atoms with Crippen molar-refractivity contribution in [3.8, 4) is 0 Å². The highest BCUT2D eigenvalue weighted by molar-refractivity contribution is 5.92. The molecule has 1 aliphatic rings. The molecular weight excluding hydrogens is 140 g/mol. The molecule has 1 atom stereocenters. The fourth-order valence-corrected chi connectivity index (χ4v) is 1.17. The monoisotopic (exact) mass is 154 g/mol. The lowest BCUT2D eigenvalue weighted by molar-refractivity contribution is -0.118. The first kappa shape index (κ1) is 8.31. The number of ketones is 1. The molecule has 0 saturated carbocycles. The van der Waals surface area contributed by atoms with Crippen molar-refractivity contribution in [2.24, 2.45) is 5.92 Å². The normalized spacial score (nSPS) is 24.7. The molecule has 1 aliphatic carbocycles. The standard InChI is InChI=1S/C9H14O2/c1-3-11-8-5-4-7(2)9(10)6-8/h6-7H,3-5H2,1-2H3. The van der Waals surface area contributed by atoms with Crippen LogP contribution in [0.25, 0.3) is 0 Å². The van der Waals surface area contributed by atoms with Gasteiger partial charge in [-0.25, -0.2) is 0 Å². The van der Waals surface area contributed by atoms with Crippen molar-refractivity contribution in [3.63, 3.8) is 0 Å². The van der Waals surface area contributed by atoms with E-state index in [1.165, 1.54) is 0 Å². The largest absolute Gasteiger partial charge is 0.498 e. The van der Waals surface area contributed by atoms with Crippen LogP contribution >= 0.6 is 0 Å². The quantitative estimate of drug-likeness (QED) is 0.607. The zero-order valence-corrected chi connectivity index (χ0v) is 7.09. The highest BCUT2D eigenvalue weighted by Crippen LogP contribution is 2.20. The summed E-state index contributed by atoms with van der Waals surface area (Å²) >= 11 is 0. The summed E-state index contributed by atoms with van der Waals surface area (Å²) in [6.07, 6.45) is 3.49. The average Bonchev–Trinajstić information content (AvgIpc) is 1.98. The van der Waals surface area contributed by atoms with Gasteiger partial charge in [0.05, 0.1) is 12.4 Å². The molecule has 1 unspecified atom stereocenters. The Hall–Kier alpha value is -0.790. The van der Waals surface area contributed by atoms with Gasteiger partial charge in [0.2, 0.25) is 0 Å². The first-order chi connectivity index (χ1) is 5.24. The molecule has 11 heavy (non-hydrogen) atoms. The summed E-state index contributed by atoms with van der Waals surface area (Å²) < 4.78 is 5.24. The van der Waals surface area contributed by atoms with Crippen LogP contribution in [0.15, 0.2) is 11.8 Å². The number of allylic oxidation sites excluding steroid dienone is 2. The van der Waals surface area contributed by atoms with Gasteiger partial charge in [-0.3, -0.25) is 4.79 Å². The van der Waals surface area contributed by atoms with Crippen LogP contribution in [0, 0.1) is 5.92 Å². The van der Waals surface area contributed by atoms with Crippen molar-refractivity contribution in [2.45, 2.75) is 26.7 Å². The van der Waals surface area contributed by atoms with Gasteiger partial charge in [-0.1, -0.05) is 6.92 Å². The minimum atomic E-state index is 0.194. The fraction of sp³-hybridized carbons (Fsp3) is 0.667. The third-order valence-corrected chi connectivity index (χ3v) is 1.94. The molecule has 0 aromatic heterocycles. The molecule has 0 aliphatic heterocycles. The Morgan fingerprint density at radius 1 is 1.73 bits per heavy atom. The molecule has 0 heterocycles. The average molecular weight is 154 g/mol. The zero-order chi connectivity index (χ0) is 8.27. The van der Waals surface area contributed by atoms with Crippen LogP contribution in [0.5, 0.6) is 0 Å². The van der Waals surface area contributed by atoms with E-state index in [2.05, 4.69) is 0 Å². The van der Waals surface area contributed by atoms with Crippen LogP contribution in [0.3, 0.4) is 0 Å². The predicted molar refractivity (Wildman–Crippen MR) is 43.1 cm³/mol. The van der Waals surface area contributed by atoms with Gasteiger partial charge in [-0.05, 0) is 13.3 Å². The van der Waals surface area contributed by atoms with Gasteiger partial charge in [0.15, 0.2) is 5.78 Å². The first-order valence-corrected chi connectivity index (χ1v) is 4.11. The highest BCUT2D eigenvalue weighted by Gasteiger charge is 2.17. The third kappa shape index (κ3) is 2.07. The molecule has 0 bridgehead atoms. The van der Waals surface area contributed by atoms with Crippen LogP contribution in [-0.2, 0) is 9.53 Å². The number of hydrogen-bond acceptors (Lipinski definition) is 2. The summed E-state index contributed by atoms with van der Waals surface area (Å²) in [4.78, 5) is 11.1. The van der Waals surface area contributed by atoms with Gasteiger partial charge in [-0.2, -0.15) is 0 Å². The maximum atomic E-state index is 11.1. The van der Waals surface area contributed by atoms with E-state index in [0.717, 1.165) is 18.6 Å². The Morgan fingerprint density at radius 3 is 3.00 bits per heavy atom. The summed E-state index contributed by atoms with van der Waals surface area (Å²) in [6.45, 7) is 4.55. The van der Waals surface area contributed by atoms with Crippen LogP contribution < -0.4 is 0 Å². The van der Waals surface area contributed by atoms with Crippen LogP contribution in [-0.4, -0.2) is 12.4 Å². The van der Waals surface area contributed by atoms with Crippen molar-refractivity contribution in [1.29, 1.82) is 0 Å². The lowest BCUT2D eigenvalue weighted by atomic mass is 9.94. The van der Waals surface area contributed by atoms with Crippen LogP contribution in [0.4, 0.5) is 0 Å². The van der Waals surface area contributed by atoms with Crippen LogP contribution in [0.2, 0.25) is 0 Å². The van der Waals surface area contributed by atoms with E-state index in [0.29, 0.717) is 6.61 Å². The number of ether oxygens (including phenoxy) is 1. The van der Waals surface area contributed by atoms with Gasteiger partial charge >= 0.3 is 0 Å². The fourth-order valence-electron chi connectivity index (χ4n) is 1.17. The summed E-state index contributed by atoms with van der Waals surface area (Å²) in [6, 6.07) is 0. The van der Waals surface area contributed by atoms with Crippen molar-refractivity contribution >= 4 is 5.78 Å². The molecule has 0 N–H and O–H groups in total. The molecule has 0 aromatic rings. The third-order valence-electron chi connectivity index (χ3n) is 1.94. The molecule has 0 spiro atoms. The smallest absolute Gasteiger partial charge is 0.161 e. The van der Waals surface area contributed by atoms with E-state index in [9.17, 15) is 4.79 Å². The van der Waals surface area contributed by atoms with E-state index < -0.39 is 0 Å². The number of hydrogen-bond donors (Lipinski definition) is 0. The van der Waals surface area contributed by atoms with Gasteiger partial charge in [0.1, 0.15) is 0 Å². The second-order valence-electron chi connectivity index (χ2n) is 2.89. The van der Waals surface area contributed by atoms with E-state index in [-0.39, 0.29) is 11.7 Å². The molecule has 0 aromatic carbocycles. The molecule has 0 amide bonds. The molecule has 2 nitrogen and oxygen atoms in total. The van der Waals surface area contributed by atoms with E-state index in [1.54, 1.807) is 6.08 Å². The van der Waals surface area contributed by atoms with Crippen LogP contribution in [0.1, 0.15) is 26.7 Å². The summed E-state index contributed by atoms with van der Waals surface area (Å²) in [5, 5.41) is 0. The topological polar surface area (TPSA) is 26.3 Å². The highest BCUT2D eigenvalue weighted by atomic mass is 16.5. The van der Waals surface area contributed by atoms with Crippen molar-refractivity contribution < 1.29 is 9.53 Å². The molecular formula is C9H14O2. The van der Waals surface area contributed by atoms with Gasteiger partial charge in [0, 0.05) is 18.4 Å². The second kappa shape index (κ2) is 3.56. The number of carbonyl (C=O) groups excluding carboxylic acids is 1. The van der Waals surface area contributed by atoms with E-state index in [1.807, 2.05) is 13.8 Å². The summed E-state index contributed by atoms with van der Waals surface area (Å²) in [7, 11) is 0. The predicted octanol–water partition coefficient (Wildman–Crippen LogP) is 1.91. The molecule has 1 rings (SSSR count). The molecule has 0 radical (unpaired) electrons. The lowest BCUT2D eigenvalue weighted by Gasteiger charge is -2.16. The Bertz CT molecular complexity index is 182. The molecule has 0 fully saturated rings. The Kier molecular flexibility index (Phi) is 2.69. The number of rotatable bonds is 2. The zero-order valence-electron chi connectivity index (χ0n) is 7.09. The lowest BCUT2D eigenvalue weighted by Crippen LogP contribution is -2.14. The summed E-state index contributed by atoms with van der Waals surface area (Å²) in [5.41, 5.74) is 0. The minimum Gasteiger partial charge on any atom is -0.498 e. The Labute approximate surface area is 67.2 Å². The Morgan fingerprint density at radius 2 is 2.45 bits per heavy atom. The Balaban J connectivity index is 2.56. The molecule has 0 saturated heterocycles.